The Kier molecular flexibility index (Phi) is 3.11. The van der Waals surface area contributed by atoms with Crippen LogP contribution in [0.15, 0.2) is 36.7 Å². The van der Waals surface area contributed by atoms with Gasteiger partial charge in [0.25, 0.3) is 0 Å². The zero-order valence-electron chi connectivity index (χ0n) is 10.5. The maximum absolute atomic E-state index is 9.01. The molecule has 0 saturated carbocycles. The van der Waals surface area contributed by atoms with Gasteiger partial charge in [-0.1, -0.05) is 24.3 Å². The first-order valence-electron chi connectivity index (χ1n) is 6.41. The summed E-state index contributed by atoms with van der Waals surface area (Å²) in [5, 5.41) is 12.4. The van der Waals surface area contributed by atoms with Gasteiger partial charge >= 0.3 is 0 Å². The monoisotopic (exact) mass is 250 g/mol. The first-order chi connectivity index (χ1) is 9.36. The Morgan fingerprint density at radius 3 is 2.79 bits per heavy atom. The lowest BCUT2D eigenvalue weighted by Crippen LogP contribution is -2.28. The van der Waals surface area contributed by atoms with Gasteiger partial charge in [-0.15, -0.1) is 0 Å². The smallest absolute Gasteiger partial charge is 0.182 e. The molecule has 2 aromatic rings. The molecule has 0 radical (unpaired) electrons. The fourth-order valence-electron chi connectivity index (χ4n) is 2.54. The van der Waals surface area contributed by atoms with Crippen molar-refractivity contribution in [2.45, 2.75) is 25.3 Å². The normalized spacial score (nSPS) is 17.3. The van der Waals surface area contributed by atoms with Gasteiger partial charge in [0.15, 0.2) is 11.5 Å². The molecule has 19 heavy (non-hydrogen) atoms. The van der Waals surface area contributed by atoms with E-state index in [1.165, 1.54) is 11.1 Å². The molecule has 1 N–H and O–H groups in total. The van der Waals surface area contributed by atoms with Crippen molar-refractivity contribution in [1.82, 2.24) is 9.97 Å². The maximum Gasteiger partial charge on any atom is 0.182 e. The molecule has 1 aromatic carbocycles. The molecule has 0 fully saturated rings. The largest absolute Gasteiger partial charge is 0.365 e. The second-order valence-electron chi connectivity index (χ2n) is 4.72. The molecule has 1 aliphatic rings. The quantitative estimate of drug-likeness (QED) is 0.888. The van der Waals surface area contributed by atoms with Gasteiger partial charge in [0.05, 0.1) is 0 Å². The van der Waals surface area contributed by atoms with Crippen LogP contribution in [0.4, 0.5) is 5.82 Å². The number of nitriles is 1. The summed E-state index contributed by atoms with van der Waals surface area (Å²) in [5.74, 6) is 0.592. The molecule has 94 valence electrons. The van der Waals surface area contributed by atoms with Crippen molar-refractivity contribution in [2.24, 2.45) is 0 Å². The molecule has 0 spiro atoms. The minimum atomic E-state index is 0.318. The third-order valence-corrected chi connectivity index (χ3v) is 3.49. The number of anilines is 1. The van der Waals surface area contributed by atoms with Crippen molar-refractivity contribution in [3.05, 3.63) is 53.5 Å². The summed E-state index contributed by atoms with van der Waals surface area (Å²) in [7, 11) is 0. The Morgan fingerprint density at radius 1 is 1.16 bits per heavy atom. The van der Waals surface area contributed by atoms with E-state index in [1.807, 2.05) is 0 Å². The molecule has 3 rings (SSSR count). The topological polar surface area (TPSA) is 61.6 Å². The lowest BCUT2D eigenvalue weighted by molar-refractivity contribution is 0.608. The maximum atomic E-state index is 9.01. The van der Waals surface area contributed by atoms with Crippen LogP contribution in [0.25, 0.3) is 0 Å². The van der Waals surface area contributed by atoms with Gasteiger partial charge < -0.3 is 5.32 Å². The van der Waals surface area contributed by atoms with Crippen molar-refractivity contribution in [3.8, 4) is 6.07 Å². The number of nitrogens with one attached hydrogen (secondary N) is 1. The Hall–Kier alpha value is -2.41. The first kappa shape index (κ1) is 11.7. The molecule has 1 aromatic heterocycles. The van der Waals surface area contributed by atoms with Crippen molar-refractivity contribution in [3.63, 3.8) is 0 Å². The number of aryl methyl sites for hydroxylation is 1. The second kappa shape index (κ2) is 5.07. The Balaban J connectivity index is 1.78. The number of nitrogens with zero attached hydrogens (tertiary/aromatic N) is 3. The summed E-state index contributed by atoms with van der Waals surface area (Å²) in [4.78, 5) is 8.22. The van der Waals surface area contributed by atoms with Gasteiger partial charge in [0.2, 0.25) is 0 Å². The van der Waals surface area contributed by atoms with Gasteiger partial charge in [-0.3, -0.25) is 0 Å². The molecular weight excluding hydrogens is 236 g/mol. The fraction of sp³-hybridized carbons (Fsp3) is 0.267. The van der Waals surface area contributed by atoms with Gasteiger partial charge in [0, 0.05) is 18.4 Å². The third kappa shape index (κ3) is 2.41. The van der Waals surface area contributed by atoms with E-state index in [-0.39, 0.29) is 0 Å². The third-order valence-electron chi connectivity index (χ3n) is 3.49. The number of fused-ring (bicyclic) bond motifs is 1. The molecule has 4 nitrogen and oxygen atoms in total. The predicted molar refractivity (Wildman–Crippen MR) is 72.6 cm³/mol. The van der Waals surface area contributed by atoms with E-state index < -0.39 is 0 Å². The Morgan fingerprint density at radius 2 is 1.95 bits per heavy atom. The van der Waals surface area contributed by atoms with Gasteiger partial charge in [-0.25, -0.2) is 9.97 Å². The number of hydrogen-bond acceptors (Lipinski definition) is 4. The van der Waals surface area contributed by atoms with E-state index >= 15 is 0 Å². The van der Waals surface area contributed by atoms with E-state index in [1.54, 1.807) is 12.4 Å². The standard InChI is InChI=1S/C15H14N4/c16-10-14-15(18-8-7-17-14)19-13-6-5-11-3-1-2-4-12(11)9-13/h1-4,7-8,13H,5-6,9H2,(H,18,19). The minimum absolute atomic E-state index is 0.318. The van der Waals surface area contributed by atoms with E-state index in [2.05, 4.69) is 45.6 Å². The SMILES string of the molecule is N#Cc1nccnc1NC1CCc2ccccc2C1. The van der Waals surface area contributed by atoms with Gasteiger partial charge in [-0.05, 0) is 30.4 Å². The van der Waals surface area contributed by atoms with Crippen LogP contribution >= 0.6 is 0 Å². The Bertz CT molecular complexity index is 630. The summed E-state index contributed by atoms with van der Waals surface area (Å²) in [6.07, 6.45) is 6.24. The predicted octanol–water partition coefficient (Wildman–Crippen LogP) is 2.32. The van der Waals surface area contributed by atoms with Crippen LogP contribution in [0.1, 0.15) is 23.2 Å². The van der Waals surface area contributed by atoms with Crippen molar-refractivity contribution in [2.75, 3.05) is 5.32 Å². The number of rotatable bonds is 2. The van der Waals surface area contributed by atoms with E-state index in [0.717, 1.165) is 19.3 Å². The molecule has 4 heteroatoms. The highest BCUT2D eigenvalue weighted by Gasteiger charge is 2.19. The summed E-state index contributed by atoms with van der Waals surface area (Å²) >= 11 is 0. The van der Waals surface area contributed by atoms with Gasteiger partial charge in [0.1, 0.15) is 6.07 Å². The lowest BCUT2D eigenvalue weighted by Gasteiger charge is -2.25. The zero-order chi connectivity index (χ0) is 13.1. The lowest BCUT2D eigenvalue weighted by atomic mass is 9.88. The van der Waals surface area contributed by atoms with Crippen LogP contribution in [0.5, 0.6) is 0 Å². The fourth-order valence-corrected chi connectivity index (χ4v) is 2.54. The summed E-state index contributed by atoms with van der Waals surface area (Å²) < 4.78 is 0. The highest BCUT2D eigenvalue weighted by Crippen LogP contribution is 2.23. The number of aromatic nitrogens is 2. The molecular formula is C15H14N4. The first-order valence-corrected chi connectivity index (χ1v) is 6.41. The zero-order valence-corrected chi connectivity index (χ0v) is 10.5. The van der Waals surface area contributed by atoms with Crippen LogP contribution in [-0.4, -0.2) is 16.0 Å². The van der Waals surface area contributed by atoms with E-state index in [9.17, 15) is 0 Å². The summed E-state index contributed by atoms with van der Waals surface area (Å²) in [6.45, 7) is 0. The number of benzene rings is 1. The van der Waals surface area contributed by atoms with Crippen molar-refractivity contribution < 1.29 is 0 Å². The average Bonchev–Trinajstić information content (AvgIpc) is 2.48. The molecule has 0 bridgehead atoms. The van der Waals surface area contributed by atoms with Crippen molar-refractivity contribution >= 4 is 5.82 Å². The highest BCUT2D eigenvalue weighted by molar-refractivity contribution is 5.48. The van der Waals surface area contributed by atoms with E-state index in [0.29, 0.717) is 17.6 Å². The molecule has 0 amide bonds. The van der Waals surface area contributed by atoms with Gasteiger partial charge in [-0.2, -0.15) is 5.26 Å². The second-order valence-corrected chi connectivity index (χ2v) is 4.72. The molecule has 1 heterocycles. The molecule has 1 unspecified atom stereocenters. The molecule has 1 aliphatic carbocycles. The molecule has 0 aliphatic heterocycles. The molecule has 1 atom stereocenters. The van der Waals surface area contributed by atoms with Crippen LogP contribution in [0.3, 0.4) is 0 Å². The van der Waals surface area contributed by atoms with Crippen molar-refractivity contribution in [1.29, 1.82) is 5.26 Å². The van der Waals surface area contributed by atoms with Crippen LogP contribution in [-0.2, 0) is 12.8 Å². The summed E-state index contributed by atoms with van der Waals surface area (Å²) in [5.41, 5.74) is 3.18. The van der Waals surface area contributed by atoms with Crippen LogP contribution in [0, 0.1) is 11.3 Å². The van der Waals surface area contributed by atoms with E-state index in [4.69, 9.17) is 5.26 Å². The highest BCUT2D eigenvalue weighted by atomic mass is 15.0. The minimum Gasteiger partial charge on any atom is -0.365 e. The average molecular weight is 250 g/mol. The molecule has 0 saturated heterocycles. The summed E-state index contributed by atoms with van der Waals surface area (Å²) in [6, 6.07) is 10.9. The number of hydrogen-bond donors (Lipinski definition) is 1. The van der Waals surface area contributed by atoms with Crippen LogP contribution in [0.2, 0.25) is 0 Å². The van der Waals surface area contributed by atoms with Crippen LogP contribution < -0.4 is 5.32 Å². The Labute approximate surface area is 112 Å².